The summed E-state index contributed by atoms with van der Waals surface area (Å²) in [6.07, 6.45) is 0.972. The van der Waals surface area contributed by atoms with Gasteiger partial charge in [0.1, 0.15) is 17.9 Å². The molecule has 1 aromatic rings. The van der Waals surface area contributed by atoms with E-state index in [9.17, 15) is 13.2 Å². The monoisotopic (exact) mass is 390 g/mol. The number of halogens is 1. The molecule has 1 aliphatic rings. The SMILES string of the molecule is CC(C)C(NS(=O)(=O)N1CCC(Oc2ccc(Cl)cc2)CC1)C(=O)O. The standard InChI is InChI=1S/C16H23ClN2O5S/c1-11(2)15(16(20)21)18-25(22,23)19-9-7-14(8-10-19)24-13-5-3-12(17)4-6-13/h3-6,11,14-15,18H,7-10H2,1-2H3,(H,20,21). The first-order valence-corrected chi connectivity index (χ1v) is 9.93. The topological polar surface area (TPSA) is 95.9 Å². The summed E-state index contributed by atoms with van der Waals surface area (Å²) in [5.74, 6) is -0.841. The molecular formula is C16H23ClN2O5S. The summed E-state index contributed by atoms with van der Waals surface area (Å²) >= 11 is 5.83. The van der Waals surface area contributed by atoms with Gasteiger partial charge in [0.15, 0.2) is 0 Å². The number of nitrogens with zero attached hydrogens (tertiary/aromatic N) is 1. The number of hydrogen-bond donors (Lipinski definition) is 2. The zero-order valence-corrected chi connectivity index (χ0v) is 15.8. The van der Waals surface area contributed by atoms with Gasteiger partial charge >= 0.3 is 5.97 Å². The van der Waals surface area contributed by atoms with E-state index >= 15 is 0 Å². The lowest BCUT2D eigenvalue weighted by Crippen LogP contribution is -2.52. The predicted molar refractivity (Wildman–Crippen MR) is 95.0 cm³/mol. The molecule has 0 aromatic heterocycles. The molecule has 1 atom stereocenters. The Labute approximate surface area is 153 Å². The molecule has 7 nitrogen and oxygen atoms in total. The Morgan fingerprint density at radius 3 is 2.32 bits per heavy atom. The van der Waals surface area contributed by atoms with E-state index in [1.54, 1.807) is 38.1 Å². The molecular weight excluding hydrogens is 368 g/mol. The zero-order valence-electron chi connectivity index (χ0n) is 14.2. The third-order valence-corrected chi connectivity index (χ3v) is 5.91. The van der Waals surface area contributed by atoms with Crippen molar-refractivity contribution in [2.75, 3.05) is 13.1 Å². The van der Waals surface area contributed by atoms with Crippen LogP contribution in [0.5, 0.6) is 5.75 Å². The lowest BCUT2D eigenvalue weighted by Gasteiger charge is -2.32. The maximum Gasteiger partial charge on any atom is 0.322 e. The highest BCUT2D eigenvalue weighted by Gasteiger charge is 2.33. The molecule has 0 spiro atoms. The number of aliphatic carboxylic acids is 1. The van der Waals surface area contributed by atoms with Crippen molar-refractivity contribution in [3.63, 3.8) is 0 Å². The molecule has 0 saturated carbocycles. The second-order valence-electron chi connectivity index (χ2n) is 6.35. The summed E-state index contributed by atoms with van der Waals surface area (Å²) in [5.41, 5.74) is 0. The van der Waals surface area contributed by atoms with E-state index in [0.717, 1.165) is 0 Å². The Morgan fingerprint density at radius 2 is 1.84 bits per heavy atom. The minimum Gasteiger partial charge on any atom is -0.490 e. The highest BCUT2D eigenvalue weighted by Crippen LogP contribution is 2.22. The lowest BCUT2D eigenvalue weighted by molar-refractivity contribution is -0.140. The minimum atomic E-state index is -3.84. The van der Waals surface area contributed by atoms with Crippen LogP contribution in [0.25, 0.3) is 0 Å². The Bertz CT molecular complexity index is 685. The molecule has 1 unspecified atom stereocenters. The van der Waals surface area contributed by atoms with E-state index < -0.39 is 22.2 Å². The average Bonchev–Trinajstić information content (AvgIpc) is 2.55. The van der Waals surface area contributed by atoms with Crippen LogP contribution in [-0.2, 0) is 15.0 Å². The van der Waals surface area contributed by atoms with Crippen LogP contribution in [0.15, 0.2) is 24.3 Å². The van der Waals surface area contributed by atoms with Crippen LogP contribution in [0.3, 0.4) is 0 Å². The Balaban J connectivity index is 1.91. The molecule has 0 amide bonds. The van der Waals surface area contributed by atoms with E-state index in [-0.39, 0.29) is 25.1 Å². The summed E-state index contributed by atoms with van der Waals surface area (Å²) in [7, 11) is -3.84. The summed E-state index contributed by atoms with van der Waals surface area (Å²) in [6.45, 7) is 3.87. The third kappa shape index (κ3) is 5.57. The highest BCUT2D eigenvalue weighted by molar-refractivity contribution is 7.87. The van der Waals surface area contributed by atoms with Crippen molar-refractivity contribution < 1.29 is 23.1 Å². The first-order chi connectivity index (χ1) is 11.7. The molecule has 1 saturated heterocycles. The first kappa shape index (κ1) is 20.0. The molecule has 1 aliphatic heterocycles. The number of carboxylic acid groups (broad SMARTS) is 1. The molecule has 140 valence electrons. The summed E-state index contributed by atoms with van der Waals surface area (Å²) in [5, 5.41) is 9.78. The Morgan fingerprint density at radius 1 is 1.28 bits per heavy atom. The fraction of sp³-hybridized carbons (Fsp3) is 0.562. The molecule has 1 fully saturated rings. The normalized spacial score (nSPS) is 18.2. The number of hydrogen-bond acceptors (Lipinski definition) is 4. The fourth-order valence-corrected chi connectivity index (χ4v) is 4.26. The van der Waals surface area contributed by atoms with Gasteiger partial charge in [-0.1, -0.05) is 25.4 Å². The molecule has 2 rings (SSSR count). The van der Waals surface area contributed by atoms with Crippen molar-refractivity contribution in [3.8, 4) is 5.75 Å². The molecule has 1 heterocycles. The van der Waals surface area contributed by atoms with Crippen LogP contribution < -0.4 is 9.46 Å². The van der Waals surface area contributed by atoms with E-state index in [4.69, 9.17) is 21.4 Å². The predicted octanol–water partition coefficient (Wildman–Crippen LogP) is 2.13. The van der Waals surface area contributed by atoms with Gasteiger partial charge in [0.05, 0.1) is 0 Å². The quantitative estimate of drug-likeness (QED) is 0.743. The first-order valence-electron chi connectivity index (χ1n) is 8.11. The van der Waals surface area contributed by atoms with Gasteiger partial charge in [-0.15, -0.1) is 0 Å². The van der Waals surface area contributed by atoms with Crippen molar-refractivity contribution >= 4 is 27.8 Å². The van der Waals surface area contributed by atoms with E-state index in [2.05, 4.69) is 4.72 Å². The van der Waals surface area contributed by atoms with Gasteiger partial charge in [-0.3, -0.25) is 4.79 Å². The van der Waals surface area contributed by atoms with Crippen molar-refractivity contribution in [3.05, 3.63) is 29.3 Å². The molecule has 9 heteroatoms. The van der Waals surface area contributed by atoms with E-state index in [1.807, 2.05) is 0 Å². The molecule has 1 aromatic carbocycles. The summed E-state index contributed by atoms with van der Waals surface area (Å²) in [4.78, 5) is 11.2. The number of ether oxygens (including phenoxy) is 1. The van der Waals surface area contributed by atoms with Gasteiger partial charge in [-0.2, -0.15) is 17.4 Å². The molecule has 25 heavy (non-hydrogen) atoms. The van der Waals surface area contributed by atoms with E-state index in [1.165, 1.54) is 4.31 Å². The zero-order chi connectivity index (χ0) is 18.6. The number of rotatable bonds is 7. The molecule has 0 aliphatic carbocycles. The largest absolute Gasteiger partial charge is 0.490 e. The second-order valence-corrected chi connectivity index (χ2v) is 8.49. The smallest absolute Gasteiger partial charge is 0.322 e. The molecule has 0 radical (unpaired) electrons. The minimum absolute atomic E-state index is 0.0898. The third-order valence-electron chi connectivity index (χ3n) is 4.07. The van der Waals surface area contributed by atoms with Crippen LogP contribution in [0.4, 0.5) is 0 Å². The van der Waals surface area contributed by atoms with Crippen LogP contribution in [0.1, 0.15) is 26.7 Å². The number of piperidine rings is 1. The van der Waals surface area contributed by atoms with Gasteiger partial charge in [0, 0.05) is 18.1 Å². The number of carboxylic acids is 1. The number of nitrogens with one attached hydrogen (secondary N) is 1. The van der Waals surface area contributed by atoms with Crippen molar-refractivity contribution in [2.24, 2.45) is 5.92 Å². The van der Waals surface area contributed by atoms with Gasteiger partial charge in [0.25, 0.3) is 10.2 Å². The Hall–Kier alpha value is -1.35. The van der Waals surface area contributed by atoms with Crippen molar-refractivity contribution in [1.82, 2.24) is 9.03 Å². The maximum atomic E-state index is 12.4. The number of carbonyl (C=O) groups is 1. The summed E-state index contributed by atoms with van der Waals surface area (Å²) < 4.78 is 34.2. The van der Waals surface area contributed by atoms with Gasteiger partial charge in [-0.25, -0.2) is 0 Å². The second kappa shape index (κ2) is 8.35. The average molecular weight is 391 g/mol. The van der Waals surface area contributed by atoms with Crippen LogP contribution in [0, 0.1) is 5.92 Å². The maximum absolute atomic E-state index is 12.4. The van der Waals surface area contributed by atoms with Crippen LogP contribution in [0.2, 0.25) is 5.02 Å². The van der Waals surface area contributed by atoms with Gasteiger partial charge in [0.2, 0.25) is 0 Å². The fourth-order valence-electron chi connectivity index (χ4n) is 2.60. The lowest BCUT2D eigenvalue weighted by atomic mass is 10.1. The Kier molecular flexibility index (Phi) is 6.67. The molecule has 2 N–H and O–H groups in total. The van der Waals surface area contributed by atoms with Crippen LogP contribution in [-0.4, -0.2) is 49.0 Å². The van der Waals surface area contributed by atoms with Crippen LogP contribution >= 0.6 is 11.6 Å². The van der Waals surface area contributed by atoms with Gasteiger partial charge in [-0.05, 0) is 43.0 Å². The van der Waals surface area contributed by atoms with Crippen molar-refractivity contribution in [1.29, 1.82) is 0 Å². The van der Waals surface area contributed by atoms with Gasteiger partial charge < -0.3 is 9.84 Å². The van der Waals surface area contributed by atoms with E-state index in [0.29, 0.717) is 23.6 Å². The highest BCUT2D eigenvalue weighted by atomic mass is 35.5. The number of benzene rings is 1. The van der Waals surface area contributed by atoms with Crippen molar-refractivity contribution in [2.45, 2.75) is 38.8 Å². The summed E-state index contributed by atoms with van der Waals surface area (Å²) in [6, 6.07) is 5.87. The molecule has 0 bridgehead atoms.